The van der Waals surface area contributed by atoms with Crippen LogP contribution in [0.3, 0.4) is 0 Å². The molecule has 1 heterocycles. The van der Waals surface area contributed by atoms with Crippen LogP contribution in [0.2, 0.25) is 0 Å². The van der Waals surface area contributed by atoms with E-state index < -0.39 is 12.3 Å². The lowest BCUT2D eigenvalue weighted by Gasteiger charge is -2.13. The molecule has 0 saturated carbocycles. The van der Waals surface area contributed by atoms with E-state index in [4.69, 9.17) is 0 Å². The normalized spacial score (nSPS) is 11.3. The van der Waals surface area contributed by atoms with Crippen LogP contribution < -0.4 is 10.1 Å². The van der Waals surface area contributed by atoms with Crippen molar-refractivity contribution in [1.29, 1.82) is 0 Å². The van der Waals surface area contributed by atoms with Crippen LogP contribution in [0.4, 0.5) is 13.2 Å². The molecule has 0 radical (unpaired) electrons. The Balaban J connectivity index is 1.88. The lowest BCUT2D eigenvalue weighted by Crippen LogP contribution is -2.24. The van der Waals surface area contributed by atoms with Gasteiger partial charge in [0, 0.05) is 40.3 Å². The molecule has 1 aromatic carbocycles. The highest BCUT2D eigenvalue weighted by molar-refractivity contribution is 7.12. The molecule has 1 amide bonds. The number of aryl methyl sites for hydroxylation is 2. The van der Waals surface area contributed by atoms with Gasteiger partial charge in [-0.25, -0.2) is 0 Å². The van der Waals surface area contributed by atoms with E-state index in [1.807, 2.05) is 13.8 Å². The smallest absolute Gasteiger partial charge is 0.405 e. The van der Waals surface area contributed by atoms with Crippen molar-refractivity contribution in [3.05, 3.63) is 51.2 Å². The average molecular weight is 385 g/mol. The molecule has 0 fully saturated rings. The number of halogens is 3. The molecule has 8 heteroatoms. The number of thiophene rings is 1. The molecule has 26 heavy (non-hydrogen) atoms. The Morgan fingerprint density at radius 1 is 1.15 bits per heavy atom. The topological polar surface area (TPSA) is 55.4 Å². The Labute approximate surface area is 153 Å². The second-order valence-electron chi connectivity index (χ2n) is 5.68. The number of benzene rings is 1. The van der Waals surface area contributed by atoms with Gasteiger partial charge in [-0.2, -0.15) is 0 Å². The van der Waals surface area contributed by atoms with Crippen LogP contribution in [0.5, 0.6) is 5.75 Å². The molecule has 0 spiro atoms. The number of ketones is 1. The highest BCUT2D eigenvalue weighted by Crippen LogP contribution is 2.26. The summed E-state index contributed by atoms with van der Waals surface area (Å²) >= 11 is 1.52. The van der Waals surface area contributed by atoms with E-state index in [9.17, 15) is 22.8 Å². The van der Waals surface area contributed by atoms with E-state index in [-0.39, 0.29) is 36.5 Å². The third kappa shape index (κ3) is 5.87. The van der Waals surface area contributed by atoms with Gasteiger partial charge in [0.2, 0.25) is 5.91 Å². The van der Waals surface area contributed by atoms with Crippen LogP contribution in [-0.2, 0) is 11.3 Å². The number of hydrogen-bond donors (Lipinski definition) is 1. The number of carbonyl (C=O) groups excluding carboxylic acids is 2. The van der Waals surface area contributed by atoms with Crippen molar-refractivity contribution < 1.29 is 27.5 Å². The van der Waals surface area contributed by atoms with Crippen LogP contribution in [0.15, 0.2) is 30.3 Å². The number of carbonyl (C=O) groups is 2. The molecular weight excluding hydrogens is 367 g/mol. The van der Waals surface area contributed by atoms with Gasteiger partial charge in [0.25, 0.3) is 0 Å². The number of para-hydroxylation sites is 1. The Morgan fingerprint density at radius 3 is 2.46 bits per heavy atom. The van der Waals surface area contributed by atoms with Crippen LogP contribution in [0, 0.1) is 13.8 Å². The molecule has 0 saturated heterocycles. The largest absolute Gasteiger partial charge is 0.573 e. The summed E-state index contributed by atoms with van der Waals surface area (Å²) in [5.41, 5.74) is 0.818. The van der Waals surface area contributed by atoms with Crippen LogP contribution in [0.1, 0.15) is 38.5 Å². The molecule has 0 aliphatic rings. The van der Waals surface area contributed by atoms with Crippen molar-refractivity contribution in [2.75, 3.05) is 0 Å². The van der Waals surface area contributed by atoms with Gasteiger partial charge in [0.15, 0.2) is 5.78 Å². The van der Waals surface area contributed by atoms with Crippen LogP contribution in [-0.4, -0.2) is 18.1 Å². The highest BCUT2D eigenvalue weighted by atomic mass is 32.1. The lowest BCUT2D eigenvalue weighted by atomic mass is 10.1. The molecule has 2 aromatic rings. The Morgan fingerprint density at radius 2 is 1.85 bits per heavy atom. The van der Waals surface area contributed by atoms with Gasteiger partial charge in [-0.05, 0) is 26.0 Å². The Bertz CT molecular complexity index is 799. The highest BCUT2D eigenvalue weighted by Gasteiger charge is 2.32. The first-order valence-corrected chi connectivity index (χ1v) is 8.68. The lowest BCUT2D eigenvalue weighted by molar-refractivity contribution is -0.274. The molecule has 2 rings (SSSR count). The maximum absolute atomic E-state index is 12.4. The SMILES string of the molecule is Cc1cc(C(=O)CCC(=O)NCc2ccccc2OC(F)(F)F)c(C)s1. The molecule has 1 aromatic heterocycles. The maximum Gasteiger partial charge on any atom is 0.573 e. The van der Waals surface area contributed by atoms with Crippen molar-refractivity contribution in [2.24, 2.45) is 0 Å². The molecular formula is C18H18F3NO3S. The van der Waals surface area contributed by atoms with Gasteiger partial charge in [0.1, 0.15) is 5.75 Å². The fourth-order valence-electron chi connectivity index (χ4n) is 2.43. The summed E-state index contributed by atoms with van der Waals surface area (Å²) in [6, 6.07) is 7.38. The van der Waals surface area contributed by atoms with E-state index in [2.05, 4.69) is 10.1 Å². The fraction of sp³-hybridized carbons (Fsp3) is 0.333. The number of hydrogen-bond acceptors (Lipinski definition) is 4. The zero-order valence-electron chi connectivity index (χ0n) is 14.3. The third-order valence-electron chi connectivity index (χ3n) is 3.59. The minimum absolute atomic E-state index is 0.0323. The van der Waals surface area contributed by atoms with Crippen molar-refractivity contribution in [3.63, 3.8) is 0 Å². The molecule has 0 atom stereocenters. The molecule has 0 bridgehead atoms. The summed E-state index contributed by atoms with van der Waals surface area (Å²) in [4.78, 5) is 26.0. The molecule has 4 nitrogen and oxygen atoms in total. The van der Waals surface area contributed by atoms with Crippen molar-refractivity contribution in [1.82, 2.24) is 5.32 Å². The van der Waals surface area contributed by atoms with Crippen molar-refractivity contribution >= 4 is 23.0 Å². The summed E-state index contributed by atoms with van der Waals surface area (Å²) in [7, 11) is 0. The minimum Gasteiger partial charge on any atom is -0.405 e. The quantitative estimate of drug-likeness (QED) is 0.712. The number of Topliss-reactive ketones (excluding diaryl/α,β-unsaturated/α-hetero) is 1. The van der Waals surface area contributed by atoms with Gasteiger partial charge in [0.05, 0.1) is 0 Å². The van der Waals surface area contributed by atoms with Gasteiger partial charge < -0.3 is 10.1 Å². The molecule has 1 N–H and O–H groups in total. The number of alkyl halides is 3. The van der Waals surface area contributed by atoms with Crippen molar-refractivity contribution in [2.45, 2.75) is 39.6 Å². The Hall–Kier alpha value is -2.35. The molecule has 0 unspecified atom stereocenters. The molecule has 0 aliphatic heterocycles. The van der Waals surface area contributed by atoms with Crippen LogP contribution >= 0.6 is 11.3 Å². The zero-order valence-corrected chi connectivity index (χ0v) is 15.1. The monoisotopic (exact) mass is 385 g/mol. The first kappa shape index (κ1) is 20.0. The summed E-state index contributed by atoms with van der Waals surface area (Å²) in [5.74, 6) is -0.895. The van der Waals surface area contributed by atoms with E-state index in [0.717, 1.165) is 9.75 Å². The van der Waals surface area contributed by atoms with E-state index in [0.29, 0.717) is 5.56 Å². The predicted molar refractivity (Wildman–Crippen MR) is 92.3 cm³/mol. The second-order valence-corrected chi connectivity index (χ2v) is 7.14. The molecule has 140 valence electrons. The number of nitrogens with one attached hydrogen (secondary N) is 1. The second kappa shape index (κ2) is 8.35. The number of rotatable bonds is 7. The van der Waals surface area contributed by atoms with E-state index in [1.165, 1.54) is 29.5 Å². The van der Waals surface area contributed by atoms with E-state index >= 15 is 0 Å². The summed E-state index contributed by atoms with van der Waals surface area (Å²) < 4.78 is 41.1. The summed E-state index contributed by atoms with van der Waals surface area (Å²) in [6.07, 6.45) is -4.79. The summed E-state index contributed by atoms with van der Waals surface area (Å²) in [5, 5.41) is 2.52. The predicted octanol–water partition coefficient (Wildman–Crippen LogP) is 4.54. The maximum atomic E-state index is 12.4. The van der Waals surface area contributed by atoms with Crippen LogP contribution in [0.25, 0.3) is 0 Å². The van der Waals surface area contributed by atoms with E-state index in [1.54, 1.807) is 12.1 Å². The fourth-order valence-corrected chi connectivity index (χ4v) is 3.37. The van der Waals surface area contributed by atoms with Gasteiger partial charge in [-0.1, -0.05) is 18.2 Å². The first-order valence-electron chi connectivity index (χ1n) is 7.86. The summed E-state index contributed by atoms with van der Waals surface area (Å²) in [6.45, 7) is 3.64. The minimum atomic E-state index is -4.80. The average Bonchev–Trinajstić information content (AvgIpc) is 2.89. The third-order valence-corrected chi connectivity index (χ3v) is 4.56. The van der Waals surface area contributed by atoms with Gasteiger partial charge in [-0.3, -0.25) is 9.59 Å². The number of amides is 1. The van der Waals surface area contributed by atoms with Gasteiger partial charge >= 0.3 is 6.36 Å². The first-order chi connectivity index (χ1) is 12.2. The van der Waals surface area contributed by atoms with Gasteiger partial charge in [-0.15, -0.1) is 24.5 Å². The zero-order chi connectivity index (χ0) is 19.3. The van der Waals surface area contributed by atoms with Crippen molar-refractivity contribution in [3.8, 4) is 5.75 Å². The number of ether oxygens (including phenoxy) is 1. The standard InChI is InChI=1S/C18H18F3NO3S/c1-11-9-14(12(2)26-11)15(23)7-8-17(24)22-10-13-5-3-4-6-16(13)25-18(19,20)21/h3-6,9H,7-8,10H2,1-2H3,(H,22,24). The molecule has 0 aliphatic carbocycles. The Kier molecular flexibility index (Phi) is 6.42.